The summed E-state index contributed by atoms with van der Waals surface area (Å²) in [6.45, 7) is 8.11. The second kappa shape index (κ2) is 11.1. The number of carbonyl (C=O) groups is 2. The maximum absolute atomic E-state index is 13.2. The van der Waals surface area contributed by atoms with Crippen LogP contribution in [0.2, 0.25) is 0 Å². The molecule has 0 aliphatic heterocycles. The van der Waals surface area contributed by atoms with E-state index in [1.165, 1.54) is 17.0 Å². The second-order valence-electron chi connectivity index (χ2n) is 7.35. The van der Waals surface area contributed by atoms with E-state index in [4.69, 9.17) is 4.74 Å². The Morgan fingerprint density at radius 3 is 2.37 bits per heavy atom. The first-order chi connectivity index (χ1) is 14.2. The molecule has 1 N–H and O–H groups in total. The van der Waals surface area contributed by atoms with E-state index in [0.29, 0.717) is 18.2 Å². The Labute approximate surface area is 185 Å². The van der Waals surface area contributed by atoms with Gasteiger partial charge in [0.1, 0.15) is 17.6 Å². The van der Waals surface area contributed by atoms with Crippen LogP contribution in [0.25, 0.3) is 0 Å². The maximum Gasteiger partial charge on any atom is 0.261 e. The third-order valence-corrected chi connectivity index (χ3v) is 5.38. The molecule has 0 aromatic heterocycles. The number of ether oxygens (including phenoxy) is 1. The van der Waals surface area contributed by atoms with Gasteiger partial charge in [-0.15, -0.1) is 0 Å². The van der Waals surface area contributed by atoms with Crippen molar-refractivity contribution in [3.05, 3.63) is 63.9 Å². The Morgan fingerprint density at radius 2 is 1.80 bits per heavy atom. The first-order valence-electron chi connectivity index (χ1n) is 9.96. The number of nitrogens with zero attached hydrogens (tertiary/aromatic N) is 1. The van der Waals surface area contributed by atoms with Crippen molar-refractivity contribution in [3.8, 4) is 5.75 Å². The Morgan fingerprint density at radius 1 is 1.13 bits per heavy atom. The zero-order valence-electron chi connectivity index (χ0n) is 17.7. The van der Waals surface area contributed by atoms with Crippen LogP contribution in [0, 0.1) is 5.82 Å². The van der Waals surface area contributed by atoms with Gasteiger partial charge in [-0.3, -0.25) is 9.59 Å². The van der Waals surface area contributed by atoms with E-state index in [-0.39, 0.29) is 30.8 Å². The number of nitrogens with one attached hydrogen (secondary N) is 1. The highest BCUT2D eigenvalue weighted by Gasteiger charge is 2.26. The van der Waals surface area contributed by atoms with Crippen LogP contribution in [0.4, 0.5) is 4.39 Å². The van der Waals surface area contributed by atoms with Crippen LogP contribution >= 0.6 is 15.9 Å². The number of rotatable bonds is 9. The zero-order valence-corrected chi connectivity index (χ0v) is 19.3. The average molecular weight is 479 g/mol. The first kappa shape index (κ1) is 23.9. The third kappa shape index (κ3) is 6.55. The van der Waals surface area contributed by atoms with Gasteiger partial charge in [0, 0.05) is 13.1 Å². The molecule has 0 saturated heterocycles. The summed E-state index contributed by atoms with van der Waals surface area (Å²) in [5.74, 6) is -0.0129. The Kier molecular flexibility index (Phi) is 8.84. The predicted molar refractivity (Wildman–Crippen MR) is 119 cm³/mol. The van der Waals surface area contributed by atoms with Crippen molar-refractivity contribution in [1.29, 1.82) is 0 Å². The van der Waals surface area contributed by atoms with Crippen LogP contribution < -0.4 is 10.1 Å². The fraction of sp³-hybridized carbons (Fsp3) is 0.391. The molecule has 30 heavy (non-hydrogen) atoms. The lowest BCUT2D eigenvalue weighted by molar-refractivity contribution is -0.142. The van der Waals surface area contributed by atoms with Crippen molar-refractivity contribution in [2.75, 3.05) is 13.2 Å². The topological polar surface area (TPSA) is 58.6 Å². The van der Waals surface area contributed by atoms with Crippen LogP contribution in [0.5, 0.6) is 5.75 Å². The molecule has 0 saturated carbocycles. The quantitative estimate of drug-likeness (QED) is 0.570. The zero-order chi connectivity index (χ0) is 22.3. The minimum atomic E-state index is -0.696. The normalized spacial score (nSPS) is 11.8. The van der Waals surface area contributed by atoms with Gasteiger partial charge in [0.15, 0.2) is 6.61 Å². The standard InChI is InChI=1S/C23H28BrFN2O3/c1-5-26-23(29)16(4)27(13-17-6-9-19(25)10-7-17)22(28)14-30-21-11-8-18(15(2)3)12-20(21)24/h6-12,15-16H,5,13-14H2,1-4H3,(H,26,29)/t16-/m0/s1. The molecule has 0 spiro atoms. The number of hydrogen-bond donors (Lipinski definition) is 1. The van der Waals surface area contributed by atoms with E-state index in [0.717, 1.165) is 15.6 Å². The molecule has 0 aliphatic rings. The lowest BCUT2D eigenvalue weighted by Gasteiger charge is -2.28. The summed E-state index contributed by atoms with van der Waals surface area (Å²) < 4.78 is 19.7. The van der Waals surface area contributed by atoms with Crippen molar-refractivity contribution in [1.82, 2.24) is 10.2 Å². The Bertz CT molecular complexity index is 871. The molecule has 2 rings (SSSR count). The van der Waals surface area contributed by atoms with Gasteiger partial charge in [0.05, 0.1) is 4.47 Å². The third-order valence-electron chi connectivity index (χ3n) is 4.76. The van der Waals surface area contributed by atoms with Crippen molar-refractivity contribution >= 4 is 27.7 Å². The molecule has 0 heterocycles. The van der Waals surface area contributed by atoms with E-state index in [1.807, 2.05) is 25.1 Å². The van der Waals surface area contributed by atoms with Gasteiger partial charge in [-0.1, -0.05) is 32.0 Å². The van der Waals surface area contributed by atoms with E-state index < -0.39 is 6.04 Å². The highest BCUT2D eigenvalue weighted by Crippen LogP contribution is 2.29. The number of carbonyl (C=O) groups excluding carboxylic acids is 2. The Hall–Kier alpha value is -2.41. The molecule has 162 valence electrons. The summed E-state index contributed by atoms with van der Waals surface area (Å²) in [4.78, 5) is 26.7. The minimum Gasteiger partial charge on any atom is -0.483 e. The van der Waals surface area contributed by atoms with Crippen LogP contribution in [-0.2, 0) is 16.1 Å². The molecule has 2 aromatic rings. The molecule has 0 radical (unpaired) electrons. The van der Waals surface area contributed by atoms with Crippen molar-refractivity contribution in [2.24, 2.45) is 0 Å². The van der Waals surface area contributed by atoms with Gasteiger partial charge in [-0.25, -0.2) is 4.39 Å². The molecular weight excluding hydrogens is 451 g/mol. The highest BCUT2D eigenvalue weighted by molar-refractivity contribution is 9.10. The summed E-state index contributed by atoms with van der Waals surface area (Å²) in [5.41, 5.74) is 1.88. The Balaban J connectivity index is 2.15. The fourth-order valence-electron chi connectivity index (χ4n) is 2.91. The molecule has 7 heteroatoms. The number of hydrogen-bond acceptors (Lipinski definition) is 3. The molecular formula is C23H28BrFN2O3. The fourth-order valence-corrected chi connectivity index (χ4v) is 3.42. The van der Waals surface area contributed by atoms with Crippen LogP contribution in [0.15, 0.2) is 46.9 Å². The van der Waals surface area contributed by atoms with Crippen LogP contribution in [0.3, 0.4) is 0 Å². The molecule has 2 amide bonds. The molecule has 2 aromatic carbocycles. The lowest BCUT2D eigenvalue weighted by atomic mass is 10.0. The largest absolute Gasteiger partial charge is 0.483 e. The summed E-state index contributed by atoms with van der Waals surface area (Å²) in [6.07, 6.45) is 0. The van der Waals surface area contributed by atoms with E-state index >= 15 is 0 Å². The van der Waals surface area contributed by atoms with Gasteiger partial charge in [0.2, 0.25) is 5.91 Å². The van der Waals surface area contributed by atoms with E-state index in [1.54, 1.807) is 19.1 Å². The molecule has 5 nitrogen and oxygen atoms in total. The van der Waals surface area contributed by atoms with Crippen molar-refractivity contribution in [3.63, 3.8) is 0 Å². The smallest absolute Gasteiger partial charge is 0.261 e. The van der Waals surface area contributed by atoms with Crippen molar-refractivity contribution in [2.45, 2.75) is 46.2 Å². The van der Waals surface area contributed by atoms with Gasteiger partial charge in [-0.05, 0) is 71.1 Å². The SMILES string of the molecule is CCNC(=O)[C@H](C)N(Cc1ccc(F)cc1)C(=O)COc1ccc(C(C)C)cc1Br. The van der Waals surface area contributed by atoms with E-state index in [9.17, 15) is 14.0 Å². The molecule has 0 unspecified atom stereocenters. The number of benzene rings is 2. The van der Waals surface area contributed by atoms with Gasteiger partial charge in [0.25, 0.3) is 5.91 Å². The van der Waals surface area contributed by atoms with Gasteiger partial charge < -0.3 is 15.0 Å². The number of amides is 2. The monoisotopic (exact) mass is 478 g/mol. The molecule has 1 atom stereocenters. The van der Waals surface area contributed by atoms with Crippen molar-refractivity contribution < 1.29 is 18.7 Å². The number of likely N-dealkylation sites (N-methyl/N-ethyl adjacent to an activating group) is 1. The van der Waals surface area contributed by atoms with E-state index in [2.05, 4.69) is 35.1 Å². The van der Waals surface area contributed by atoms with Gasteiger partial charge >= 0.3 is 0 Å². The summed E-state index contributed by atoms with van der Waals surface area (Å²) >= 11 is 3.49. The van der Waals surface area contributed by atoms with Crippen LogP contribution in [0.1, 0.15) is 44.7 Å². The second-order valence-corrected chi connectivity index (χ2v) is 8.21. The lowest BCUT2D eigenvalue weighted by Crippen LogP contribution is -2.49. The summed E-state index contributed by atoms with van der Waals surface area (Å²) in [6, 6.07) is 10.9. The predicted octanol–water partition coefficient (Wildman–Crippen LogP) is 4.64. The first-order valence-corrected chi connectivity index (χ1v) is 10.8. The average Bonchev–Trinajstić information content (AvgIpc) is 2.71. The van der Waals surface area contributed by atoms with Crippen LogP contribution in [-0.4, -0.2) is 35.9 Å². The summed E-state index contributed by atoms with van der Waals surface area (Å²) in [5, 5.41) is 2.73. The molecule has 0 fully saturated rings. The highest BCUT2D eigenvalue weighted by atomic mass is 79.9. The molecule has 0 aliphatic carbocycles. The molecule has 0 bridgehead atoms. The summed E-state index contributed by atoms with van der Waals surface area (Å²) in [7, 11) is 0. The number of halogens is 2. The van der Waals surface area contributed by atoms with Gasteiger partial charge in [-0.2, -0.15) is 0 Å². The minimum absolute atomic E-state index is 0.175. The maximum atomic E-state index is 13.2.